The fraction of sp³-hybridized carbons (Fsp3) is 0.357. The maximum atomic E-state index is 5.68. The van der Waals surface area contributed by atoms with E-state index in [0.717, 1.165) is 23.1 Å². The van der Waals surface area contributed by atoms with Gasteiger partial charge in [0, 0.05) is 17.6 Å². The molecule has 1 aromatic rings. The van der Waals surface area contributed by atoms with Gasteiger partial charge in [0.15, 0.2) is 5.96 Å². The summed E-state index contributed by atoms with van der Waals surface area (Å²) < 4.78 is 6.36. The highest BCUT2D eigenvalue weighted by Gasteiger charge is 2.03. The van der Waals surface area contributed by atoms with Gasteiger partial charge in [-0.05, 0) is 30.5 Å². The van der Waals surface area contributed by atoms with Gasteiger partial charge in [-0.2, -0.15) is 0 Å². The van der Waals surface area contributed by atoms with Gasteiger partial charge in [-0.1, -0.05) is 28.1 Å². The number of guanidine groups is 1. The van der Waals surface area contributed by atoms with Crippen LogP contribution < -0.4 is 15.8 Å². The Hall–Kier alpha value is -1.49. The first kappa shape index (κ1) is 15.6. The molecule has 3 N–H and O–H groups in total. The average Bonchev–Trinajstić information content (AvgIpc) is 2.42. The van der Waals surface area contributed by atoms with Crippen molar-refractivity contribution in [3.8, 4) is 5.75 Å². The van der Waals surface area contributed by atoms with Gasteiger partial charge in [-0.3, -0.25) is 4.99 Å². The second-order valence-electron chi connectivity index (χ2n) is 4.00. The first-order valence-corrected chi connectivity index (χ1v) is 6.93. The van der Waals surface area contributed by atoms with Gasteiger partial charge < -0.3 is 15.8 Å². The third-order valence-corrected chi connectivity index (χ3v) is 3.06. The number of rotatable bonds is 7. The van der Waals surface area contributed by atoms with Crippen LogP contribution in [0.15, 0.2) is 40.3 Å². The van der Waals surface area contributed by atoms with Crippen LogP contribution in [0.1, 0.15) is 12.0 Å². The van der Waals surface area contributed by atoms with Crippen LogP contribution in [0.4, 0.5) is 0 Å². The van der Waals surface area contributed by atoms with E-state index in [9.17, 15) is 0 Å². The lowest BCUT2D eigenvalue weighted by atomic mass is 10.1. The van der Waals surface area contributed by atoms with Gasteiger partial charge in [-0.15, -0.1) is 6.58 Å². The first-order chi connectivity index (χ1) is 9.17. The second-order valence-corrected chi connectivity index (χ2v) is 4.91. The minimum absolute atomic E-state index is 0.461. The van der Waals surface area contributed by atoms with Crippen LogP contribution in [0.25, 0.3) is 0 Å². The molecule has 104 valence electrons. The lowest BCUT2D eigenvalue weighted by molar-refractivity contribution is 0.409. The van der Waals surface area contributed by atoms with Gasteiger partial charge in [0.2, 0.25) is 0 Å². The van der Waals surface area contributed by atoms with Crippen LogP contribution in [0.2, 0.25) is 0 Å². The van der Waals surface area contributed by atoms with Gasteiger partial charge in [-0.25, -0.2) is 0 Å². The lowest BCUT2D eigenvalue weighted by Crippen LogP contribution is -2.31. The number of halogens is 1. The number of aryl methyl sites for hydroxylation is 1. The highest BCUT2D eigenvalue weighted by molar-refractivity contribution is 9.10. The Morgan fingerprint density at radius 3 is 3.05 bits per heavy atom. The Morgan fingerprint density at radius 2 is 2.37 bits per heavy atom. The third-order valence-electron chi connectivity index (χ3n) is 2.56. The first-order valence-electron chi connectivity index (χ1n) is 6.14. The number of aliphatic imine (C=N–C) groups is 1. The van der Waals surface area contributed by atoms with Gasteiger partial charge in [0.05, 0.1) is 7.11 Å². The Labute approximate surface area is 122 Å². The molecule has 0 aliphatic heterocycles. The summed E-state index contributed by atoms with van der Waals surface area (Å²) in [6.07, 6.45) is 3.58. The predicted molar refractivity (Wildman–Crippen MR) is 83.7 cm³/mol. The van der Waals surface area contributed by atoms with E-state index in [1.807, 2.05) is 12.1 Å². The van der Waals surface area contributed by atoms with Crippen molar-refractivity contribution < 1.29 is 4.74 Å². The quantitative estimate of drug-likeness (QED) is 0.350. The highest BCUT2D eigenvalue weighted by atomic mass is 79.9. The summed E-state index contributed by atoms with van der Waals surface area (Å²) in [6, 6.07) is 6.05. The van der Waals surface area contributed by atoms with E-state index in [-0.39, 0.29) is 0 Å². The number of methoxy groups -OCH3 is 1. The molecule has 0 spiro atoms. The summed E-state index contributed by atoms with van der Waals surface area (Å²) in [6.45, 7) is 4.93. The van der Waals surface area contributed by atoms with E-state index < -0.39 is 0 Å². The van der Waals surface area contributed by atoms with E-state index in [4.69, 9.17) is 10.5 Å². The van der Waals surface area contributed by atoms with Crippen molar-refractivity contribution in [3.05, 3.63) is 40.9 Å². The fourth-order valence-electron chi connectivity index (χ4n) is 1.63. The van der Waals surface area contributed by atoms with E-state index >= 15 is 0 Å². The third kappa shape index (κ3) is 5.79. The van der Waals surface area contributed by atoms with E-state index in [2.05, 4.69) is 38.9 Å². The standard InChI is InChI=1S/C14H20BrN3O/c1-3-8-17-14(16)18-9-4-5-11-6-7-12(15)10-13(11)19-2/h3,6-7,10H,1,4-5,8-9H2,2H3,(H3,16,17,18). The SMILES string of the molecule is C=CCNC(N)=NCCCc1ccc(Br)cc1OC. The number of nitrogens with two attached hydrogens (primary N) is 1. The van der Waals surface area contributed by atoms with Gasteiger partial charge in [0.1, 0.15) is 5.75 Å². The molecule has 0 saturated heterocycles. The molecule has 0 amide bonds. The predicted octanol–water partition coefficient (Wildman–Crippen LogP) is 2.48. The summed E-state index contributed by atoms with van der Waals surface area (Å²) in [5, 5.41) is 2.94. The Kier molecular flexibility index (Phi) is 7.03. The van der Waals surface area contributed by atoms with Crippen molar-refractivity contribution in [2.24, 2.45) is 10.7 Å². The molecule has 1 rings (SSSR count). The number of nitrogens with one attached hydrogen (secondary N) is 1. The molecule has 0 aliphatic carbocycles. The van der Waals surface area contributed by atoms with Crippen LogP contribution in [0.5, 0.6) is 5.75 Å². The normalized spacial score (nSPS) is 11.2. The van der Waals surface area contributed by atoms with Crippen LogP contribution in [0.3, 0.4) is 0 Å². The minimum Gasteiger partial charge on any atom is -0.496 e. The number of hydrogen-bond donors (Lipinski definition) is 2. The summed E-state index contributed by atoms with van der Waals surface area (Å²) in [7, 11) is 1.68. The van der Waals surface area contributed by atoms with Crippen LogP contribution in [-0.4, -0.2) is 26.2 Å². The number of nitrogens with zero attached hydrogens (tertiary/aromatic N) is 1. The summed E-state index contributed by atoms with van der Waals surface area (Å²) in [5.41, 5.74) is 6.85. The van der Waals surface area contributed by atoms with Crippen molar-refractivity contribution in [1.29, 1.82) is 0 Å². The summed E-state index contributed by atoms with van der Waals surface area (Å²) in [5.74, 6) is 1.36. The zero-order chi connectivity index (χ0) is 14.1. The van der Waals surface area contributed by atoms with E-state index in [1.165, 1.54) is 5.56 Å². The molecule has 5 heteroatoms. The zero-order valence-corrected chi connectivity index (χ0v) is 12.7. The number of ether oxygens (including phenoxy) is 1. The molecule has 0 aliphatic rings. The van der Waals surface area contributed by atoms with Crippen LogP contribution in [-0.2, 0) is 6.42 Å². The summed E-state index contributed by atoms with van der Waals surface area (Å²) in [4.78, 5) is 4.24. The molecule has 4 nitrogen and oxygen atoms in total. The summed E-state index contributed by atoms with van der Waals surface area (Å²) >= 11 is 3.43. The fourth-order valence-corrected chi connectivity index (χ4v) is 1.97. The van der Waals surface area contributed by atoms with Gasteiger partial charge >= 0.3 is 0 Å². The van der Waals surface area contributed by atoms with Crippen LogP contribution >= 0.6 is 15.9 Å². The molecular formula is C14H20BrN3O. The lowest BCUT2D eigenvalue weighted by Gasteiger charge is -2.08. The van der Waals surface area contributed by atoms with Crippen molar-refractivity contribution in [3.63, 3.8) is 0 Å². The minimum atomic E-state index is 0.461. The maximum Gasteiger partial charge on any atom is 0.188 e. The van der Waals surface area contributed by atoms with Crippen molar-refractivity contribution >= 4 is 21.9 Å². The molecule has 0 aromatic heterocycles. The number of benzene rings is 1. The number of hydrogen-bond acceptors (Lipinski definition) is 2. The van der Waals surface area contributed by atoms with Crippen molar-refractivity contribution in [1.82, 2.24) is 5.32 Å². The average molecular weight is 326 g/mol. The Bertz CT molecular complexity index is 446. The van der Waals surface area contributed by atoms with Gasteiger partial charge in [0.25, 0.3) is 0 Å². The zero-order valence-electron chi connectivity index (χ0n) is 11.2. The van der Waals surface area contributed by atoms with E-state index in [0.29, 0.717) is 19.0 Å². The Balaban J connectivity index is 2.43. The molecule has 19 heavy (non-hydrogen) atoms. The largest absolute Gasteiger partial charge is 0.496 e. The molecule has 0 fully saturated rings. The molecule has 0 atom stereocenters. The van der Waals surface area contributed by atoms with Crippen molar-refractivity contribution in [2.75, 3.05) is 20.2 Å². The molecule has 0 unspecified atom stereocenters. The van der Waals surface area contributed by atoms with Crippen LogP contribution in [0, 0.1) is 0 Å². The maximum absolute atomic E-state index is 5.68. The topological polar surface area (TPSA) is 59.6 Å². The Morgan fingerprint density at radius 1 is 1.58 bits per heavy atom. The smallest absolute Gasteiger partial charge is 0.188 e. The molecule has 0 bridgehead atoms. The highest BCUT2D eigenvalue weighted by Crippen LogP contribution is 2.24. The van der Waals surface area contributed by atoms with Crippen molar-refractivity contribution in [2.45, 2.75) is 12.8 Å². The molecular weight excluding hydrogens is 306 g/mol. The van der Waals surface area contributed by atoms with E-state index in [1.54, 1.807) is 13.2 Å². The monoisotopic (exact) mass is 325 g/mol. The molecule has 1 aromatic carbocycles. The molecule has 0 saturated carbocycles. The second kappa shape index (κ2) is 8.58. The molecule has 0 heterocycles. The molecule has 0 radical (unpaired) electrons.